The molecule has 1 aliphatic heterocycles. The number of nitrogens with one attached hydrogen (secondary N) is 1. The summed E-state index contributed by atoms with van der Waals surface area (Å²) in [6.45, 7) is 4.77. The Balaban J connectivity index is 1.60. The summed E-state index contributed by atoms with van der Waals surface area (Å²) in [6, 6.07) is 4.07. The molecule has 2 amide bonds. The van der Waals surface area contributed by atoms with E-state index >= 15 is 0 Å². The summed E-state index contributed by atoms with van der Waals surface area (Å²) in [5.74, 6) is -2.05. The number of carboxylic acids is 1. The molecule has 1 spiro atoms. The molecule has 2 aliphatic rings. The Hall–Kier alpha value is -2.44. The zero-order valence-corrected chi connectivity index (χ0v) is 15.6. The van der Waals surface area contributed by atoms with Crippen LogP contribution < -0.4 is 5.32 Å². The number of carboxylic acid groups (broad SMARTS) is 1. The predicted octanol–water partition coefficient (Wildman–Crippen LogP) is 3.14. The second-order valence-corrected chi connectivity index (χ2v) is 8.09. The molecule has 1 aromatic rings. The third-order valence-electron chi connectivity index (χ3n) is 5.62. The van der Waals surface area contributed by atoms with Gasteiger partial charge in [0.1, 0.15) is 5.82 Å². The standard InChI is InChI=1S/C20H25FN2O4/c1-12(2)9-17(24)22-16-4-3-13(10-15(16)21)18(25)23-7-5-20(6-8-23)11-14(20)19(26)27/h3-4,10,12,14H,5-9,11H2,1-2H3,(H,22,24)(H,26,27). The summed E-state index contributed by atoms with van der Waals surface area (Å²) in [6.07, 6.45) is 2.32. The number of halogens is 1. The molecular formula is C20H25FN2O4. The van der Waals surface area contributed by atoms with E-state index in [1.54, 1.807) is 4.90 Å². The molecule has 1 saturated carbocycles. The second kappa shape index (κ2) is 7.29. The van der Waals surface area contributed by atoms with Crippen molar-refractivity contribution >= 4 is 23.5 Å². The van der Waals surface area contributed by atoms with E-state index in [-0.39, 0.29) is 40.3 Å². The van der Waals surface area contributed by atoms with Crippen LogP contribution in [0.3, 0.4) is 0 Å². The third kappa shape index (κ3) is 4.12. The van der Waals surface area contributed by atoms with Crippen LogP contribution in [0.2, 0.25) is 0 Å². The van der Waals surface area contributed by atoms with E-state index in [1.165, 1.54) is 12.1 Å². The van der Waals surface area contributed by atoms with Crippen molar-refractivity contribution in [3.63, 3.8) is 0 Å². The molecule has 2 N–H and O–H groups in total. The first-order chi connectivity index (χ1) is 12.7. The van der Waals surface area contributed by atoms with Gasteiger partial charge in [0.25, 0.3) is 5.91 Å². The maximum absolute atomic E-state index is 14.3. The maximum Gasteiger partial charge on any atom is 0.307 e. The highest BCUT2D eigenvalue weighted by Crippen LogP contribution is 2.59. The molecule has 7 heteroatoms. The van der Waals surface area contributed by atoms with Crippen molar-refractivity contribution in [2.45, 2.75) is 39.5 Å². The minimum Gasteiger partial charge on any atom is -0.481 e. The summed E-state index contributed by atoms with van der Waals surface area (Å²) < 4.78 is 14.3. The van der Waals surface area contributed by atoms with Crippen molar-refractivity contribution in [2.75, 3.05) is 18.4 Å². The highest BCUT2D eigenvalue weighted by Gasteiger charge is 2.59. The fourth-order valence-corrected chi connectivity index (χ4v) is 3.91. The van der Waals surface area contributed by atoms with Crippen molar-refractivity contribution in [2.24, 2.45) is 17.3 Å². The summed E-state index contributed by atoms with van der Waals surface area (Å²) in [7, 11) is 0. The molecular weight excluding hydrogens is 351 g/mol. The number of aliphatic carboxylic acids is 1. The first-order valence-electron chi connectivity index (χ1n) is 9.33. The van der Waals surface area contributed by atoms with E-state index in [2.05, 4.69) is 5.32 Å². The van der Waals surface area contributed by atoms with Crippen LogP contribution in [0.1, 0.15) is 49.9 Å². The fraction of sp³-hybridized carbons (Fsp3) is 0.550. The molecule has 0 radical (unpaired) electrons. The molecule has 0 aromatic heterocycles. The number of hydrogen-bond acceptors (Lipinski definition) is 3. The number of amides is 2. The van der Waals surface area contributed by atoms with Gasteiger partial charge in [0.15, 0.2) is 0 Å². The van der Waals surface area contributed by atoms with Gasteiger partial charge in [0.05, 0.1) is 11.6 Å². The highest BCUT2D eigenvalue weighted by molar-refractivity contribution is 5.96. The average molecular weight is 376 g/mol. The molecule has 146 valence electrons. The van der Waals surface area contributed by atoms with Crippen molar-refractivity contribution in [1.29, 1.82) is 0 Å². The normalized spacial score (nSPS) is 20.6. The Morgan fingerprint density at radius 3 is 2.48 bits per heavy atom. The summed E-state index contributed by atoms with van der Waals surface area (Å²) in [5.41, 5.74) is 0.145. The lowest BCUT2D eigenvalue weighted by molar-refractivity contribution is -0.139. The maximum atomic E-state index is 14.3. The van der Waals surface area contributed by atoms with Crippen molar-refractivity contribution in [1.82, 2.24) is 4.90 Å². The quantitative estimate of drug-likeness (QED) is 0.827. The lowest BCUT2D eigenvalue weighted by Crippen LogP contribution is -2.40. The van der Waals surface area contributed by atoms with Crippen LogP contribution in [0.25, 0.3) is 0 Å². The Kier molecular flexibility index (Phi) is 5.22. The Morgan fingerprint density at radius 1 is 1.30 bits per heavy atom. The molecule has 27 heavy (non-hydrogen) atoms. The number of benzene rings is 1. The smallest absolute Gasteiger partial charge is 0.307 e. The topological polar surface area (TPSA) is 86.7 Å². The molecule has 1 unspecified atom stereocenters. The molecule has 0 bridgehead atoms. The minimum atomic E-state index is -0.757. The van der Waals surface area contributed by atoms with Gasteiger partial charge < -0.3 is 15.3 Å². The van der Waals surface area contributed by atoms with E-state index < -0.39 is 11.8 Å². The average Bonchev–Trinajstić information content (AvgIpc) is 3.30. The third-order valence-corrected chi connectivity index (χ3v) is 5.62. The molecule has 1 aliphatic carbocycles. The van der Waals surface area contributed by atoms with Gasteiger partial charge in [-0.3, -0.25) is 14.4 Å². The van der Waals surface area contributed by atoms with Gasteiger partial charge >= 0.3 is 5.97 Å². The lowest BCUT2D eigenvalue weighted by Gasteiger charge is -2.32. The Morgan fingerprint density at radius 2 is 1.96 bits per heavy atom. The van der Waals surface area contributed by atoms with Crippen LogP contribution in [0.5, 0.6) is 0 Å². The number of hydrogen-bond donors (Lipinski definition) is 2. The summed E-state index contributed by atoms with van der Waals surface area (Å²) in [4.78, 5) is 37.2. The lowest BCUT2D eigenvalue weighted by atomic mass is 9.90. The van der Waals surface area contributed by atoms with Gasteiger partial charge in [0.2, 0.25) is 5.91 Å². The number of anilines is 1. The van der Waals surface area contributed by atoms with Gasteiger partial charge in [-0.1, -0.05) is 13.8 Å². The van der Waals surface area contributed by atoms with Crippen LogP contribution in [0.15, 0.2) is 18.2 Å². The fourth-order valence-electron chi connectivity index (χ4n) is 3.91. The van der Waals surface area contributed by atoms with Gasteiger partial charge in [-0.25, -0.2) is 4.39 Å². The molecule has 3 rings (SSSR count). The van der Waals surface area contributed by atoms with Crippen molar-refractivity contribution in [3.05, 3.63) is 29.6 Å². The zero-order valence-electron chi connectivity index (χ0n) is 15.6. The van der Waals surface area contributed by atoms with Gasteiger partial charge in [0, 0.05) is 25.1 Å². The van der Waals surface area contributed by atoms with Crippen molar-refractivity contribution < 1.29 is 23.9 Å². The highest BCUT2D eigenvalue weighted by atomic mass is 19.1. The second-order valence-electron chi connectivity index (χ2n) is 8.09. The number of carbonyl (C=O) groups excluding carboxylic acids is 2. The van der Waals surface area contributed by atoms with Crippen LogP contribution >= 0.6 is 0 Å². The van der Waals surface area contributed by atoms with E-state index in [4.69, 9.17) is 5.11 Å². The van der Waals surface area contributed by atoms with Crippen LogP contribution in [0, 0.1) is 23.1 Å². The van der Waals surface area contributed by atoms with Gasteiger partial charge in [-0.2, -0.15) is 0 Å². The molecule has 1 atom stereocenters. The van der Waals surface area contributed by atoms with Crippen LogP contribution in [-0.4, -0.2) is 40.9 Å². The number of rotatable bonds is 5. The Bertz CT molecular complexity index is 769. The largest absolute Gasteiger partial charge is 0.481 e. The number of likely N-dealkylation sites (tertiary alicyclic amines) is 1. The van der Waals surface area contributed by atoms with E-state index in [9.17, 15) is 18.8 Å². The molecule has 1 heterocycles. The predicted molar refractivity (Wildman–Crippen MR) is 97.8 cm³/mol. The Labute approximate surface area is 157 Å². The molecule has 2 fully saturated rings. The van der Waals surface area contributed by atoms with E-state index in [0.717, 1.165) is 6.07 Å². The first kappa shape index (κ1) is 19.3. The molecule has 6 nitrogen and oxygen atoms in total. The van der Waals surface area contributed by atoms with Crippen molar-refractivity contribution in [3.8, 4) is 0 Å². The molecule has 1 aromatic carbocycles. The summed E-state index contributed by atoms with van der Waals surface area (Å²) >= 11 is 0. The van der Waals surface area contributed by atoms with E-state index in [1.807, 2.05) is 13.8 Å². The minimum absolute atomic E-state index is 0.0667. The number of nitrogens with zero attached hydrogens (tertiary/aromatic N) is 1. The number of piperidine rings is 1. The van der Waals surface area contributed by atoms with Gasteiger partial charge in [-0.05, 0) is 48.8 Å². The monoisotopic (exact) mass is 376 g/mol. The van der Waals surface area contributed by atoms with Gasteiger partial charge in [-0.15, -0.1) is 0 Å². The SMILES string of the molecule is CC(C)CC(=O)Nc1ccc(C(=O)N2CCC3(CC2)CC3C(=O)O)cc1F. The first-order valence-corrected chi connectivity index (χ1v) is 9.33. The van der Waals surface area contributed by atoms with E-state index in [0.29, 0.717) is 38.8 Å². The molecule has 1 saturated heterocycles. The van der Waals surface area contributed by atoms with Crippen LogP contribution in [0.4, 0.5) is 10.1 Å². The number of carbonyl (C=O) groups is 3. The van der Waals surface area contributed by atoms with Crippen LogP contribution in [-0.2, 0) is 9.59 Å². The summed E-state index contributed by atoms with van der Waals surface area (Å²) in [5, 5.41) is 11.7. The zero-order chi connectivity index (χ0) is 19.8.